The Morgan fingerprint density at radius 2 is 2.31 bits per heavy atom. The normalized spacial score (nSPS) is 9.88. The van der Waals surface area contributed by atoms with E-state index in [0.717, 1.165) is 12.1 Å². The molecular weight excluding hydrogens is 206 g/mol. The lowest BCUT2D eigenvalue weighted by molar-refractivity contribution is -0.118. The topological polar surface area (TPSA) is 63.2 Å². The lowest BCUT2D eigenvalue weighted by Crippen LogP contribution is -2.30. The molecule has 0 spiro atoms. The molecular formula is C11H17N3O2. The number of methoxy groups -OCH3 is 1. The third kappa shape index (κ3) is 4.27. The predicted molar refractivity (Wildman–Crippen MR) is 61.2 cm³/mol. The van der Waals surface area contributed by atoms with Gasteiger partial charge in [-0.3, -0.25) is 4.79 Å². The second-order valence-corrected chi connectivity index (χ2v) is 3.33. The van der Waals surface area contributed by atoms with Crippen LogP contribution in [-0.4, -0.2) is 31.1 Å². The third-order valence-corrected chi connectivity index (χ3v) is 2.03. The van der Waals surface area contributed by atoms with Gasteiger partial charge in [0.2, 0.25) is 11.8 Å². The highest BCUT2D eigenvalue weighted by atomic mass is 16.5. The summed E-state index contributed by atoms with van der Waals surface area (Å²) in [4.78, 5) is 14.7. The molecule has 0 bridgehead atoms. The van der Waals surface area contributed by atoms with E-state index in [1.807, 2.05) is 12.1 Å². The van der Waals surface area contributed by atoms with Crippen LogP contribution >= 0.6 is 0 Å². The summed E-state index contributed by atoms with van der Waals surface area (Å²) in [6.07, 6.45) is 1.69. The summed E-state index contributed by atoms with van der Waals surface area (Å²) in [6.45, 7) is 3.52. The van der Waals surface area contributed by atoms with Gasteiger partial charge in [-0.2, -0.15) is 0 Å². The SMILES string of the molecule is COc1ncccc1CNCCNC(C)=O. The van der Waals surface area contributed by atoms with Gasteiger partial charge in [0.05, 0.1) is 7.11 Å². The first-order chi connectivity index (χ1) is 7.74. The van der Waals surface area contributed by atoms with E-state index >= 15 is 0 Å². The molecule has 1 aromatic heterocycles. The molecule has 0 radical (unpaired) electrons. The van der Waals surface area contributed by atoms with Crippen molar-refractivity contribution in [2.75, 3.05) is 20.2 Å². The summed E-state index contributed by atoms with van der Waals surface area (Å²) in [5.41, 5.74) is 1.01. The molecule has 0 aliphatic heterocycles. The molecule has 5 heteroatoms. The minimum Gasteiger partial charge on any atom is -0.481 e. The van der Waals surface area contributed by atoms with Gasteiger partial charge in [0.15, 0.2) is 0 Å². The number of nitrogens with one attached hydrogen (secondary N) is 2. The molecule has 1 amide bonds. The van der Waals surface area contributed by atoms with Gasteiger partial charge in [0, 0.05) is 38.3 Å². The van der Waals surface area contributed by atoms with Crippen LogP contribution in [0.25, 0.3) is 0 Å². The van der Waals surface area contributed by atoms with Gasteiger partial charge in [-0.1, -0.05) is 6.07 Å². The lowest BCUT2D eigenvalue weighted by atomic mass is 10.2. The zero-order chi connectivity index (χ0) is 11.8. The van der Waals surface area contributed by atoms with Gasteiger partial charge >= 0.3 is 0 Å². The number of hydrogen-bond acceptors (Lipinski definition) is 4. The Kier molecular flexibility index (Phi) is 5.28. The quantitative estimate of drug-likeness (QED) is 0.682. The maximum Gasteiger partial charge on any atom is 0.217 e. The summed E-state index contributed by atoms with van der Waals surface area (Å²) in [5, 5.41) is 5.91. The van der Waals surface area contributed by atoms with Crippen molar-refractivity contribution in [2.24, 2.45) is 0 Å². The monoisotopic (exact) mass is 223 g/mol. The number of carbonyl (C=O) groups is 1. The van der Waals surface area contributed by atoms with E-state index in [4.69, 9.17) is 4.74 Å². The summed E-state index contributed by atoms with van der Waals surface area (Å²) in [6, 6.07) is 3.82. The standard InChI is InChI=1S/C11H17N3O2/c1-9(15)13-7-6-12-8-10-4-3-5-14-11(10)16-2/h3-5,12H,6-8H2,1-2H3,(H,13,15). The van der Waals surface area contributed by atoms with Crippen LogP contribution in [0.2, 0.25) is 0 Å². The van der Waals surface area contributed by atoms with Gasteiger partial charge in [0.25, 0.3) is 0 Å². The molecule has 0 unspecified atom stereocenters. The maximum absolute atomic E-state index is 10.6. The zero-order valence-electron chi connectivity index (χ0n) is 9.62. The first-order valence-corrected chi connectivity index (χ1v) is 5.17. The van der Waals surface area contributed by atoms with E-state index < -0.39 is 0 Å². The van der Waals surface area contributed by atoms with Crippen LogP contribution in [0.3, 0.4) is 0 Å². The number of ether oxygens (including phenoxy) is 1. The fourth-order valence-corrected chi connectivity index (χ4v) is 1.29. The Morgan fingerprint density at radius 1 is 1.50 bits per heavy atom. The Hall–Kier alpha value is -1.62. The number of pyridine rings is 1. The van der Waals surface area contributed by atoms with Crippen molar-refractivity contribution in [3.05, 3.63) is 23.9 Å². The molecule has 0 atom stereocenters. The fraction of sp³-hybridized carbons (Fsp3) is 0.455. The van der Waals surface area contributed by atoms with Crippen LogP contribution in [0.15, 0.2) is 18.3 Å². The highest BCUT2D eigenvalue weighted by Gasteiger charge is 2.01. The number of nitrogens with zero attached hydrogens (tertiary/aromatic N) is 1. The molecule has 0 aliphatic carbocycles. The highest BCUT2D eigenvalue weighted by molar-refractivity contribution is 5.72. The second kappa shape index (κ2) is 6.79. The van der Waals surface area contributed by atoms with Crippen molar-refractivity contribution in [3.63, 3.8) is 0 Å². The average molecular weight is 223 g/mol. The largest absolute Gasteiger partial charge is 0.481 e. The van der Waals surface area contributed by atoms with E-state index in [9.17, 15) is 4.79 Å². The molecule has 1 rings (SSSR count). The van der Waals surface area contributed by atoms with Gasteiger partial charge in [0.1, 0.15) is 0 Å². The predicted octanol–water partition coefficient (Wildman–Crippen LogP) is 0.316. The van der Waals surface area contributed by atoms with Crippen molar-refractivity contribution in [1.82, 2.24) is 15.6 Å². The van der Waals surface area contributed by atoms with Gasteiger partial charge in [-0.15, -0.1) is 0 Å². The van der Waals surface area contributed by atoms with E-state index in [2.05, 4.69) is 15.6 Å². The first-order valence-electron chi connectivity index (χ1n) is 5.17. The number of hydrogen-bond donors (Lipinski definition) is 2. The number of aromatic nitrogens is 1. The smallest absolute Gasteiger partial charge is 0.217 e. The molecule has 88 valence electrons. The molecule has 5 nitrogen and oxygen atoms in total. The van der Waals surface area contributed by atoms with Crippen LogP contribution in [-0.2, 0) is 11.3 Å². The average Bonchev–Trinajstić information content (AvgIpc) is 2.29. The van der Waals surface area contributed by atoms with Crippen LogP contribution in [0.5, 0.6) is 5.88 Å². The summed E-state index contributed by atoms with van der Waals surface area (Å²) >= 11 is 0. The molecule has 1 aromatic rings. The molecule has 0 saturated heterocycles. The van der Waals surface area contributed by atoms with Gasteiger partial charge in [-0.25, -0.2) is 4.98 Å². The number of rotatable bonds is 6. The molecule has 1 heterocycles. The minimum absolute atomic E-state index is 0.0132. The van der Waals surface area contributed by atoms with E-state index in [1.54, 1.807) is 13.3 Å². The summed E-state index contributed by atoms with van der Waals surface area (Å²) < 4.78 is 5.12. The van der Waals surface area contributed by atoms with E-state index in [-0.39, 0.29) is 5.91 Å². The molecule has 2 N–H and O–H groups in total. The third-order valence-electron chi connectivity index (χ3n) is 2.03. The highest BCUT2D eigenvalue weighted by Crippen LogP contribution is 2.12. The Morgan fingerprint density at radius 3 is 3.00 bits per heavy atom. The van der Waals surface area contributed by atoms with Crippen LogP contribution < -0.4 is 15.4 Å². The van der Waals surface area contributed by atoms with Crippen LogP contribution in [0, 0.1) is 0 Å². The molecule has 0 aliphatic rings. The molecule has 0 fully saturated rings. The maximum atomic E-state index is 10.6. The number of carbonyl (C=O) groups excluding carboxylic acids is 1. The van der Waals surface area contributed by atoms with Crippen molar-refractivity contribution < 1.29 is 9.53 Å². The Labute approximate surface area is 95.2 Å². The molecule has 0 aromatic carbocycles. The lowest BCUT2D eigenvalue weighted by Gasteiger charge is -2.08. The number of amides is 1. The Balaban J connectivity index is 2.28. The second-order valence-electron chi connectivity index (χ2n) is 3.33. The fourth-order valence-electron chi connectivity index (χ4n) is 1.29. The van der Waals surface area contributed by atoms with Crippen molar-refractivity contribution in [3.8, 4) is 5.88 Å². The van der Waals surface area contributed by atoms with Crippen LogP contribution in [0.1, 0.15) is 12.5 Å². The first kappa shape index (κ1) is 12.4. The Bertz CT molecular complexity index is 342. The van der Waals surface area contributed by atoms with Crippen molar-refractivity contribution in [2.45, 2.75) is 13.5 Å². The summed E-state index contributed by atoms with van der Waals surface area (Å²) in [7, 11) is 1.60. The van der Waals surface area contributed by atoms with E-state index in [1.165, 1.54) is 6.92 Å². The molecule has 0 saturated carbocycles. The zero-order valence-corrected chi connectivity index (χ0v) is 9.62. The van der Waals surface area contributed by atoms with Crippen molar-refractivity contribution >= 4 is 5.91 Å². The van der Waals surface area contributed by atoms with Crippen molar-refractivity contribution in [1.29, 1.82) is 0 Å². The van der Waals surface area contributed by atoms with E-state index in [0.29, 0.717) is 19.0 Å². The van der Waals surface area contributed by atoms with Gasteiger partial charge < -0.3 is 15.4 Å². The van der Waals surface area contributed by atoms with Crippen LogP contribution in [0.4, 0.5) is 0 Å². The minimum atomic E-state index is -0.0132. The molecule has 16 heavy (non-hydrogen) atoms. The van der Waals surface area contributed by atoms with Gasteiger partial charge in [-0.05, 0) is 6.07 Å². The summed E-state index contributed by atoms with van der Waals surface area (Å²) in [5.74, 6) is 0.621.